The van der Waals surface area contributed by atoms with E-state index in [4.69, 9.17) is 5.11 Å². The van der Waals surface area contributed by atoms with Gasteiger partial charge in [0, 0.05) is 18.9 Å². The van der Waals surface area contributed by atoms with Gasteiger partial charge in [-0.2, -0.15) is 0 Å². The number of aliphatic carboxylic acids is 1. The summed E-state index contributed by atoms with van der Waals surface area (Å²) in [4.78, 5) is 22.0. The molecular formula is C15H21NO3. The van der Waals surface area contributed by atoms with Crippen LogP contribution in [0, 0.1) is 6.92 Å². The highest BCUT2D eigenvalue weighted by molar-refractivity contribution is 5.77. The molecule has 1 amide bonds. The van der Waals surface area contributed by atoms with Crippen molar-refractivity contribution >= 4 is 11.9 Å². The summed E-state index contributed by atoms with van der Waals surface area (Å²) in [5, 5.41) is 11.4. The lowest BCUT2D eigenvalue weighted by atomic mass is 10.0. The third-order valence-electron chi connectivity index (χ3n) is 2.99. The minimum Gasteiger partial charge on any atom is -0.481 e. The summed E-state index contributed by atoms with van der Waals surface area (Å²) < 4.78 is 0. The molecule has 0 bridgehead atoms. The van der Waals surface area contributed by atoms with Crippen LogP contribution in [0.2, 0.25) is 0 Å². The van der Waals surface area contributed by atoms with E-state index in [1.54, 1.807) is 0 Å². The highest BCUT2D eigenvalue weighted by atomic mass is 16.4. The average molecular weight is 263 g/mol. The van der Waals surface area contributed by atoms with Crippen LogP contribution in [0.25, 0.3) is 0 Å². The lowest BCUT2D eigenvalue weighted by Crippen LogP contribution is -2.34. The van der Waals surface area contributed by atoms with Gasteiger partial charge in [-0.05, 0) is 37.8 Å². The van der Waals surface area contributed by atoms with Gasteiger partial charge < -0.3 is 10.4 Å². The molecule has 0 aliphatic carbocycles. The SMILES string of the molecule is Cc1ccccc1CC(C)NC(=O)CCCC(=O)O. The summed E-state index contributed by atoms with van der Waals surface area (Å²) >= 11 is 0. The zero-order valence-electron chi connectivity index (χ0n) is 11.5. The zero-order valence-corrected chi connectivity index (χ0v) is 11.5. The Morgan fingerprint density at radius 1 is 1.26 bits per heavy atom. The lowest BCUT2D eigenvalue weighted by molar-refractivity contribution is -0.137. The number of carbonyl (C=O) groups excluding carboxylic acids is 1. The van der Waals surface area contributed by atoms with E-state index >= 15 is 0 Å². The first-order chi connectivity index (χ1) is 8.99. The second-order valence-electron chi connectivity index (χ2n) is 4.85. The van der Waals surface area contributed by atoms with E-state index in [2.05, 4.69) is 24.4 Å². The number of aryl methyl sites for hydroxylation is 1. The number of benzene rings is 1. The molecule has 4 nitrogen and oxygen atoms in total. The highest BCUT2D eigenvalue weighted by Crippen LogP contribution is 2.09. The number of carboxylic acids is 1. The fourth-order valence-corrected chi connectivity index (χ4v) is 1.97. The topological polar surface area (TPSA) is 66.4 Å². The first-order valence-electron chi connectivity index (χ1n) is 6.54. The van der Waals surface area contributed by atoms with Crippen molar-refractivity contribution in [3.63, 3.8) is 0 Å². The molecule has 104 valence electrons. The Kier molecular flexibility index (Phi) is 6.06. The summed E-state index contributed by atoms with van der Waals surface area (Å²) in [7, 11) is 0. The van der Waals surface area contributed by atoms with Crippen molar-refractivity contribution in [3.05, 3.63) is 35.4 Å². The van der Waals surface area contributed by atoms with Gasteiger partial charge in [-0.3, -0.25) is 9.59 Å². The van der Waals surface area contributed by atoms with Crippen LogP contribution in [0.1, 0.15) is 37.3 Å². The molecule has 0 heterocycles. The third-order valence-corrected chi connectivity index (χ3v) is 2.99. The molecule has 1 atom stereocenters. The second-order valence-corrected chi connectivity index (χ2v) is 4.85. The van der Waals surface area contributed by atoms with Gasteiger partial charge in [0.2, 0.25) is 5.91 Å². The van der Waals surface area contributed by atoms with E-state index < -0.39 is 5.97 Å². The fraction of sp³-hybridized carbons (Fsp3) is 0.467. The maximum Gasteiger partial charge on any atom is 0.303 e. The maximum absolute atomic E-state index is 11.6. The van der Waals surface area contributed by atoms with Gasteiger partial charge in [0.1, 0.15) is 0 Å². The van der Waals surface area contributed by atoms with Crippen LogP contribution >= 0.6 is 0 Å². The van der Waals surface area contributed by atoms with Crippen molar-refractivity contribution in [1.82, 2.24) is 5.32 Å². The number of nitrogens with one attached hydrogen (secondary N) is 1. The smallest absolute Gasteiger partial charge is 0.303 e. The van der Waals surface area contributed by atoms with E-state index in [0.29, 0.717) is 6.42 Å². The van der Waals surface area contributed by atoms with Gasteiger partial charge >= 0.3 is 5.97 Å². The van der Waals surface area contributed by atoms with Crippen LogP contribution in [-0.4, -0.2) is 23.0 Å². The lowest BCUT2D eigenvalue weighted by Gasteiger charge is -2.15. The zero-order chi connectivity index (χ0) is 14.3. The quantitative estimate of drug-likeness (QED) is 0.793. The summed E-state index contributed by atoms with van der Waals surface area (Å²) in [5.74, 6) is -0.942. The Morgan fingerprint density at radius 2 is 1.95 bits per heavy atom. The second kappa shape index (κ2) is 7.56. The summed E-state index contributed by atoms with van der Waals surface area (Å²) in [6.45, 7) is 4.01. The van der Waals surface area contributed by atoms with Gasteiger partial charge in [-0.1, -0.05) is 24.3 Å². The number of rotatable bonds is 7. The summed E-state index contributed by atoms with van der Waals surface area (Å²) in [6.07, 6.45) is 1.49. The van der Waals surface area contributed by atoms with Gasteiger partial charge in [0.15, 0.2) is 0 Å². The Bertz CT molecular complexity index is 443. The van der Waals surface area contributed by atoms with E-state index in [1.807, 2.05) is 19.1 Å². The van der Waals surface area contributed by atoms with Gasteiger partial charge in [0.05, 0.1) is 0 Å². The van der Waals surface area contributed by atoms with Crippen molar-refractivity contribution in [2.24, 2.45) is 0 Å². The molecule has 2 N–H and O–H groups in total. The molecule has 4 heteroatoms. The Hall–Kier alpha value is -1.84. The van der Waals surface area contributed by atoms with Gasteiger partial charge in [-0.15, -0.1) is 0 Å². The van der Waals surface area contributed by atoms with Crippen LogP contribution in [0.15, 0.2) is 24.3 Å². The van der Waals surface area contributed by atoms with Crippen molar-refractivity contribution in [2.45, 2.75) is 45.6 Å². The Morgan fingerprint density at radius 3 is 2.58 bits per heavy atom. The van der Waals surface area contributed by atoms with Crippen molar-refractivity contribution < 1.29 is 14.7 Å². The predicted octanol–water partition coefficient (Wildman–Crippen LogP) is 2.30. The minimum atomic E-state index is -0.860. The largest absolute Gasteiger partial charge is 0.481 e. The van der Waals surface area contributed by atoms with Gasteiger partial charge in [-0.25, -0.2) is 0 Å². The average Bonchev–Trinajstić information content (AvgIpc) is 2.31. The molecule has 1 unspecified atom stereocenters. The standard InChI is InChI=1S/C15H21NO3/c1-11-6-3-4-7-13(11)10-12(2)16-14(17)8-5-9-15(18)19/h3-4,6-7,12H,5,8-10H2,1-2H3,(H,16,17)(H,18,19). The molecule has 0 fully saturated rings. The molecule has 0 radical (unpaired) electrons. The van der Waals surface area contributed by atoms with Crippen molar-refractivity contribution in [2.75, 3.05) is 0 Å². The molecule has 0 saturated carbocycles. The van der Waals surface area contributed by atoms with Crippen molar-refractivity contribution in [3.8, 4) is 0 Å². The fourth-order valence-electron chi connectivity index (χ4n) is 1.97. The molecule has 1 aromatic rings. The Labute approximate surface area is 113 Å². The molecule has 0 aromatic heterocycles. The molecule has 0 saturated heterocycles. The highest BCUT2D eigenvalue weighted by Gasteiger charge is 2.09. The summed E-state index contributed by atoms with van der Waals surface area (Å²) in [5.41, 5.74) is 2.44. The van der Waals surface area contributed by atoms with Crippen LogP contribution in [0.3, 0.4) is 0 Å². The van der Waals surface area contributed by atoms with Crippen LogP contribution < -0.4 is 5.32 Å². The van der Waals surface area contributed by atoms with Crippen LogP contribution in [-0.2, 0) is 16.0 Å². The first kappa shape index (κ1) is 15.2. The molecule has 1 rings (SSSR count). The molecule has 0 aliphatic rings. The van der Waals surface area contributed by atoms with Crippen LogP contribution in [0.4, 0.5) is 0 Å². The molecule has 19 heavy (non-hydrogen) atoms. The van der Waals surface area contributed by atoms with Crippen molar-refractivity contribution in [1.29, 1.82) is 0 Å². The van der Waals surface area contributed by atoms with E-state index in [1.165, 1.54) is 11.1 Å². The minimum absolute atomic E-state index is 0.0413. The number of hydrogen-bond acceptors (Lipinski definition) is 2. The van der Waals surface area contributed by atoms with Crippen LogP contribution in [0.5, 0.6) is 0 Å². The molecule has 1 aromatic carbocycles. The number of carboxylic acid groups (broad SMARTS) is 1. The third kappa shape index (κ3) is 6.04. The normalized spacial score (nSPS) is 11.9. The molecule has 0 aliphatic heterocycles. The maximum atomic E-state index is 11.6. The number of carbonyl (C=O) groups is 2. The van der Waals surface area contributed by atoms with E-state index in [0.717, 1.165) is 6.42 Å². The van der Waals surface area contributed by atoms with E-state index in [9.17, 15) is 9.59 Å². The molecule has 0 spiro atoms. The monoisotopic (exact) mass is 263 g/mol. The van der Waals surface area contributed by atoms with E-state index in [-0.39, 0.29) is 24.8 Å². The number of amides is 1. The predicted molar refractivity (Wildman–Crippen MR) is 74.0 cm³/mol. The summed E-state index contributed by atoms with van der Waals surface area (Å²) in [6, 6.07) is 8.15. The van der Waals surface area contributed by atoms with Gasteiger partial charge in [0.25, 0.3) is 0 Å². The first-order valence-corrected chi connectivity index (χ1v) is 6.54. The Balaban J connectivity index is 2.34. The molecular weight excluding hydrogens is 242 g/mol. The number of hydrogen-bond donors (Lipinski definition) is 2.